The molecule has 3 fully saturated rings. The number of fused-ring (bicyclic) bond motifs is 5. The Kier molecular flexibility index (Phi) is 4.73. The first-order valence-electron chi connectivity index (χ1n) is 10.8. The number of carbonyl (C=O) groups is 4. The van der Waals surface area contributed by atoms with Gasteiger partial charge in [-0.25, -0.2) is 0 Å². The summed E-state index contributed by atoms with van der Waals surface area (Å²) in [5.74, 6) is -1.23. The molecule has 6 nitrogen and oxygen atoms in total. The summed E-state index contributed by atoms with van der Waals surface area (Å²) < 4.78 is 4.87. The summed E-state index contributed by atoms with van der Waals surface area (Å²) in [6.07, 6.45) is 4.34. The van der Waals surface area contributed by atoms with E-state index in [0.717, 1.165) is 11.1 Å². The van der Waals surface area contributed by atoms with E-state index >= 15 is 0 Å². The predicted octanol–water partition coefficient (Wildman–Crippen LogP) is 2.73. The third kappa shape index (κ3) is 2.72. The Morgan fingerprint density at radius 2 is 1.97 bits per heavy atom. The maximum atomic E-state index is 13.6. The highest BCUT2D eigenvalue weighted by Gasteiger charge is 2.68. The molecule has 0 spiro atoms. The third-order valence-corrected chi connectivity index (χ3v) is 8.64. The van der Waals surface area contributed by atoms with Crippen molar-refractivity contribution in [1.82, 2.24) is 0 Å². The highest BCUT2D eigenvalue weighted by molar-refractivity contribution is 5.95. The van der Waals surface area contributed by atoms with Crippen LogP contribution >= 0.6 is 0 Å². The average molecular weight is 414 g/mol. The van der Waals surface area contributed by atoms with E-state index < -0.39 is 34.8 Å². The second-order valence-corrected chi connectivity index (χ2v) is 10.2. The summed E-state index contributed by atoms with van der Waals surface area (Å²) in [6, 6.07) is 0. The first-order valence-corrected chi connectivity index (χ1v) is 10.8. The minimum atomic E-state index is -1.69. The number of rotatable bonds is 3. The van der Waals surface area contributed by atoms with Crippen LogP contribution in [0.1, 0.15) is 59.3 Å². The molecule has 4 aliphatic rings. The topological polar surface area (TPSA) is 97.7 Å². The Morgan fingerprint density at radius 3 is 2.63 bits per heavy atom. The van der Waals surface area contributed by atoms with Crippen molar-refractivity contribution in [3.63, 3.8) is 0 Å². The van der Waals surface area contributed by atoms with Gasteiger partial charge in [-0.15, -0.1) is 0 Å². The largest absolute Gasteiger partial charge is 0.458 e. The first kappa shape index (κ1) is 21.2. The Labute approximate surface area is 176 Å². The number of allylic oxidation sites excluding steroid dienone is 2. The van der Waals surface area contributed by atoms with Crippen LogP contribution in [-0.2, 0) is 23.9 Å². The van der Waals surface area contributed by atoms with E-state index in [9.17, 15) is 24.3 Å². The van der Waals surface area contributed by atoms with Gasteiger partial charge in [-0.3, -0.25) is 19.2 Å². The molecule has 0 aliphatic heterocycles. The SMILES string of the molecule is C=C1C[C@@H]2[C@H](C(=O)C[C@@]3(C)[C@H]2CC[C@]3(O)C(=O)COC(C)=O)[C@@]2(C)CCC(=O)C=C12. The summed E-state index contributed by atoms with van der Waals surface area (Å²) in [5.41, 5.74) is -1.20. The molecule has 3 saturated carbocycles. The Morgan fingerprint density at radius 1 is 1.27 bits per heavy atom. The van der Waals surface area contributed by atoms with E-state index in [1.165, 1.54) is 6.92 Å². The lowest BCUT2D eigenvalue weighted by atomic mass is 9.45. The Bertz CT molecular complexity index is 899. The fourth-order valence-corrected chi connectivity index (χ4v) is 7.15. The summed E-state index contributed by atoms with van der Waals surface area (Å²) in [4.78, 5) is 49.6. The van der Waals surface area contributed by atoms with Crippen LogP contribution in [0.5, 0.6) is 0 Å². The average Bonchev–Trinajstić information content (AvgIpc) is 2.93. The van der Waals surface area contributed by atoms with Gasteiger partial charge >= 0.3 is 5.97 Å². The zero-order chi connectivity index (χ0) is 22.1. The van der Waals surface area contributed by atoms with E-state index in [2.05, 4.69) is 13.5 Å². The molecule has 0 aromatic carbocycles. The van der Waals surface area contributed by atoms with Gasteiger partial charge in [-0.2, -0.15) is 0 Å². The molecule has 0 unspecified atom stereocenters. The molecule has 0 heterocycles. The zero-order valence-electron chi connectivity index (χ0n) is 18.0. The van der Waals surface area contributed by atoms with E-state index in [1.807, 2.05) is 6.92 Å². The number of hydrogen-bond donors (Lipinski definition) is 1. The third-order valence-electron chi connectivity index (χ3n) is 8.64. The Balaban J connectivity index is 1.71. The van der Waals surface area contributed by atoms with Crippen LogP contribution in [0.2, 0.25) is 0 Å². The van der Waals surface area contributed by atoms with Crippen LogP contribution < -0.4 is 0 Å². The molecule has 6 atom stereocenters. The molecule has 1 N–H and O–H groups in total. The summed E-state index contributed by atoms with van der Waals surface area (Å²) >= 11 is 0. The quantitative estimate of drug-likeness (QED) is 0.713. The van der Waals surface area contributed by atoms with E-state index in [1.54, 1.807) is 6.08 Å². The molecular formula is C24H30O6. The zero-order valence-corrected chi connectivity index (χ0v) is 18.0. The standard InChI is InChI=1S/C24H30O6/c1-13-9-16-17-6-8-24(29,20(28)12-30-14(2)25)23(17,4)11-19(27)21(16)22(3)7-5-15(26)10-18(13)22/h10,16-17,21,29H,1,5-9,11-12H2,2-4H3/t16-,17-,21+,22-,23-,24-/m0/s1. The highest BCUT2D eigenvalue weighted by atomic mass is 16.5. The van der Waals surface area contributed by atoms with Crippen molar-refractivity contribution in [1.29, 1.82) is 0 Å². The molecule has 4 aliphatic carbocycles. The van der Waals surface area contributed by atoms with Crippen LogP contribution in [0.25, 0.3) is 0 Å². The molecule has 0 saturated heterocycles. The number of esters is 1. The van der Waals surface area contributed by atoms with Gasteiger partial charge in [0.2, 0.25) is 5.78 Å². The maximum absolute atomic E-state index is 13.6. The van der Waals surface area contributed by atoms with Gasteiger partial charge in [0.15, 0.2) is 12.4 Å². The lowest BCUT2D eigenvalue weighted by Gasteiger charge is -2.58. The highest BCUT2D eigenvalue weighted by Crippen LogP contribution is 2.67. The molecule has 0 bridgehead atoms. The lowest BCUT2D eigenvalue weighted by Crippen LogP contribution is -2.61. The predicted molar refractivity (Wildman–Crippen MR) is 108 cm³/mol. The second-order valence-electron chi connectivity index (χ2n) is 10.2. The van der Waals surface area contributed by atoms with Crippen molar-refractivity contribution in [3.8, 4) is 0 Å². The first-order chi connectivity index (χ1) is 13.9. The number of hydrogen-bond acceptors (Lipinski definition) is 6. The van der Waals surface area contributed by atoms with Gasteiger partial charge in [-0.1, -0.05) is 26.0 Å². The Hall–Kier alpha value is -2.08. The molecule has 162 valence electrons. The molecule has 4 rings (SSSR count). The molecule has 0 aromatic rings. The van der Waals surface area contributed by atoms with E-state index in [4.69, 9.17) is 4.74 Å². The van der Waals surface area contributed by atoms with Crippen molar-refractivity contribution < 1.29 is 29.0 Å². The molecular weight excluding hydrogens is 384 g/mol. The minimum absolute atomic E-state index is 0.0146. The van der Waals surface area contributed by atoms with E-state index in [0.29, 0.717) is 25.7 Å². The lowest BCUT2D eigenvalue weighted by molar-refractivity contribution is -0.172. The molecule has 0 aromatic heterocycles. The number of carbonyl (C=O) groups excluding carboxylic acids is 4. The van der Waals surface area contributed by atoms with Crippen molar-refractivity contribution in [2.45, 2.75) is 64.9 Å². The van der Waals surface area contributed by atoms with Crippen molar-refractivity contribution >= 4 is 23.3 Å². The van der Waals surface area contributed by atoms with Gasteiger partial charge < -0.3 is 9.84 Å². The fourth-order valence-electron chi connectivity index (χ4n) is 7.15. The second kappa shape index (κ2) is 6.71. The van der Waals surface area contributed by atoms with Gasteiger partial charge in [0, 0.05) is 36.5 Å². The monoisotopic (exact) mass is 414 g/mol. The molecule has 30 heavy (non-hydrogen) atoms. The number of aliphatic hydroxyl groups is 1. The number of Topliss-reactive ketones (excluding diaryl/α,β-unsaturated/α-hetero) is 2. The molecule has 6 heteroatoms. The van der Waals surface area contributed by atoms with Crippen LogP contribution in [0.3, 0.4) is 0 Å². The van der Waals surface area contributed by atoms with Crippen LogP contribution in [0, 0.1) is 28.6 Å². The number of ether oxygens (including phenoxy) is 1. The fraction of sp³-hybridized carbons (Fsp3) is 0.667. The normalized spacial score (nSPS) is 42.7. The van der Waals surface area contributed by atoms with Crippen LogP contribution in [0.4, 0.5) is 0 Å². The van der Waals surface area contributed by atoms with Gasteiger partial charge in [0.25, 0.3) is 0 Å². The summed E-state index contributed by atoms with van der Waals surface area (Å²) in [6.45, 7) is 8.89. The van der Waals surface area contributed by atoms with Crippen LogP contribution in [-0.4, -0.2) is 40.6 Å². The smallest absolute Gasteiger partial charge is 0.303 e. The molecule has 0 radical (unpaired) electrons. The van der Waals surface area contributed by atoms with Gasteiger partial charge in [0.05, 0.1) is 0 Å². The van der Waals surface area contributed by atoms with Crippen molar-refractivity contribution in [2.75, 3.05) is 6.61 Å². The summed E-state index contributed by atoms with van der Waals surface area (Å²) in [7, 11) is 0. The van der Waals surface area contributed by atoms with Crippen molar-refractivity contribution in [2.24, 2.45) is 28.6 Å². The van der Waals surface area contributed by atoms with Gasteiger partial charge in [0.1, 0.15) is 11.4 Å². The minimum Gasteiger partial charge on any atom is -0.458 e. The summed E-state index contributed by atoms with van der Waals surface area (Å²) in [5, 5.41) is 11.5. The maximum Gasteiger partial charge on any atom is 0.303 e. The van der Waals surface area contributed by atoms with Crippen LogP contribution in [0.15, 0.2) is 23.8 Å². The molecule has 0 amide bonds. The van der Waals surface area contributed by atoms with Gasteiger partial charge in [-0.05, 0) is 49.2 Å². The number of ketones is 3. The van der Waals surface area contributed by atoms with E-state index in [-0.39, 0.29) is 42.2 Å². The van der Waals surface area contributed by atoms with Crippen molar-refractivity contribution in [3.05, 3.63) is 23.8 Å².